The molecule has 2 aliphatic rings. The van der Waals surface area contributed by atoms with Crippen molar-refractivity contribution in [2.75, 3.05) is 43.4 Å². The lowest BCUT2D eigenvalue weighted by atomic mass is 10.0. The summed E-state index contributed by atoms with van der Waals surface area (Å²) in [6.45, 7) is 5.60. The number of piperazine rings is 1. The zero-order valence-corrected chi connectivity index (χ0v) is 22.7. The number of hydrogen-bond donors (Lipinski definition) is 1. The minimum atomic E-state index is -0.561. The molecule has 0 saturated carbocycles. The predicted octanol–water partition coefficient (Wildman–Crippen LogP) is 3.28. The Hall–Kier alpha value is -3.73. The summed E-state index contributed by atoms with van der Waals surface area (Å²) >= 11 is 2.83. The van der Waals surface area contributed by atoms with Crippen molar-refractivity contribution in [3.8, 4) is 0 Å². The second kappa shape index (κ2) is 10.2. The summed E-state index contributed by atoms with van der Waals surface area (Å²) < 4.78 is 8.26. The molecule has 8 nitrogen and oxygen atoms in total. The smallest absolute Gasteiger partial charge is 0.271 e. The molecule has 6 rings (SSSR count). The maximum absolute atomic E-state index is 13.8. The minimum absolute atomic E-state index is 0.192. The van der Waals surface area contributed by atoms with Crippen LogP contribution in [-0.4, -0.2) is 48.6 Å². The van der Waals surface area contributed by atoms with Crippen LogP contribution in [0.2, 0.25) is 0 Å². The average molecular weight is 546 g/mol. The molecule has 5 heterocycles. The van der Waals surface area contributed by atoms with Crippen LogP contribution in [0, 0.1) is 0 Å². The van der Waals surface area contributed by atoms with Gasteiger partial charge in [0.2, 0.25) is 0 Å². The van der Waals surface area contributed by atoms with Crippen LogP contribution < -0.4 is 25.1 Å². The van der Waals surface area contributed by atoms with Gasteiger partial charge in [0.15, 0.2) is 10.7 Å². The first-order valence-electron chi connectivity index (χ1n) is 12.4. The van der Waals surface area contributed by atoms with Crippen molar-refractivity contribution in [3.05, 3.63) is 102 Å². The molecule has 2 aliphatic heterocycles. The highest BCUT2D eigenvalue weighted by Gasteiger charge is 2.33. The van der Waals surface area contributed by atoms with Gasteiger partial charge in [-0.2, -0.15) is 0 Å². The Balaban J connectivity index is 1.38. The Morgan fingerprint density at radius 3 is 2.61 bits per heavy atom. The van der Waals surface area contributed by atoms with Crippen molar-refractivity contribution >= 4 is 46.2 Å². The van der Waals surface area contributed by atoms with E-state index in [0.29, 0.717) is 32.1 Å². The van der Waals surface area contributed by atoms with Crippen LogP contribution in [0.25, 0.3) is 6.08 Å². The van der Waals surface area contributed by atoms with Crippen LogP contribution in [-0.2, 0) is 4.79 Å². The molecule has 3 aromatic heterocycles. The standard InChI is InChI=1S/C28H27N5O3S2/c1-18-24(26(34)30-19-7-4-3-5-8-19)25(21-9-6-16-37-21)33-27(35)22(38-28(33)29-18)17-20-10-11-23(36-20)32-14-12-31(2)13-15-32/h3-11,16-17,25H,12-15H2,1-2H3,(H,30,34)/b22-17-. The van der Waals surface area contributed by atoms with E-state index >= 15 is 0 Å². The summed E-state index contributed by atoms with van der Waals surface area (Å²) in [6.07, 6.45) is 1.78. The van der Waals surface area contributed by atoms with Gasteiger partial charge in [0, 0.05) is 48.9 Å². The van der Waals surface area contributed by atoms with Crippen LogP contribution in [0.3, 0.4) is 0 Å². The number of nitrogens with one attached hydrogen (secondary N) is 1. The van der Waals surface area contributed by atoms with Crippen LogP contribution in [0.1, 0.15) is 23.6 Å². The first kappa shape index (κ1) is 24.6. The van der Waals surface area contributed by atoms with Crippen molar-refractivity contribution in [3.63, 3.8) is 0 Å². The summed E-state index contributed by atoms with van der Waals surface area (Å²) in [4.78, 5) is 38.0. The van der Waals surface area contributed by atoms with E-state index in [4.69, 9.17) is 9.41 Å². The van der Waals surface area contributed by atoms with Crippen molar-refractivity contribution < 1.29 is 9.21 Å². The van der Waals surface area contributed by atoms with E-state index in [2.05, 4.69) is 22.2 Å². The van der Waals surface area contributed by atoms with E-state index in [9.17, 15) is 9.59 Å². The largest absolute Gasteiger partial charge is 0.441 e. The molecule has 1 N–H and O–H groups in total. The highest BCUT2D eigenvalue weighted by atomic mass is 32.1. The first-order chi connectivity index (χ1) is 18.5. The van der Waals surface area contributed by atoms with Crippen molar-refractivity contribution in [1.29, 1.82) is 0 Å². The maximum Gasteiger partial charge on any atom is 0.271 e. The summed E-state index contributed by atoms with van der Waals surface area (Å²) in [5.41, 5.74) is 1.56. The molecule has 38 heavy (non-hydrogen) atoms. The number of carbonyl (C=O) groups is 1. The Bertz CT molecular complexity index is 1670. The number of nitrogens with zero attached hydrogens (tertiary/aromatic N) is 4. The van der Waals surface area contributed by atoms with Gasteiger partial charge in [0.25, 0.3) is 11.5 Å². The number of thiazole rings is 1. The predicted molar refractivity (Wildman–Crippen MR) is 152 cm³/mol. The van der Waals surface area contributed by atoms with Gasteiger partial charge in [0.05, 0.1) is 15.8 Å². The average Bonchev–Trinajstić information content (AvgIpc) is 3.66. The fourth-order valence-corrected chi connectivity index (χ4v) is 6.64. The molecule has 1 unspecified atom stereocenters. The number of allylic oxidation sites excluding steroid dienone is 1. The number of amides is 1. The third-order valence-corrected chi connectivity index (χ3v) is 8.72. The van der Waals surface area contributed by atoms with E-state index in [1.54, 1.807) is 10.6 Å². The lowest BCUT2D eigenvalue weighted by Gasteiger charge is -2.32. The molecule has 0 radical (unpaired) electrons. The number of carbonyl (C=O) groups excluding carboxylic acids is 1. The molecule has 0 bridgehead atoms. The van der Waals surface area contributed by atoms with Crippen molar-refractivity contribution in [1.82, 2.24) is 9.47 Å². The van der Waals surface area contributed by atoms with E-state index in [-0.39, 0.29) is 11.5 Å². The Morgan fingerprint density at radius 1 is 1.08 bits per heavy atom. The highest BCUT2D eigenvalue weighted by molar-refractivity contribution is 7.10. The zero-order valence-electron chi connectivity index (χ0n) is 21.1. The highest BCUT2D eigenvalue weighted by Crippen LogP contribution is 2.33. The minimum Gasteiger partial charge on any atom is -0.441 e. The topological polar surface area (TPSA) is 83.1 Å². The third kappa shape index (κ3) is 4.66. The normalized spacial score (nSPS) is 18.4. The number of benzene rings is 1. The number of hydrogen-bond acceptors (Lipinski definition) is 8. The Labute approximate surface area is 227 Å². The second-order valence-corrected chi connectivity index (χ2v) is 11.4. The van der Waals surface area contributed by atoms with Gasteiger partial charge in [-0.05, 0) is 43.6 Å². The van der Waals surface area contributed by atoms with Gasteiger partial charge in [-0.1, -0.05) is 35.6 Å². The summed E-state index contributed by atoms with van der Waals surface area (Å²) in [7, 11) is 2.12. The monoisotopic (exact) mass is 545 g/mol. The number of furan rings is 1. The fourth-order valence-electron chi connectivity index (χ4n) is 4.79. The molecule has 10 heteroatoms. The quantitative estimate of drug-likeness (QED) is 0.416. The molecule has 0 spiro atoms. The van der Waals surface area contributed by atoms with Crippen LogP contribution >= 0.6 is 22.7 Å². The first-order valence-corrected chi connectivity index (χ1v) is 14.1. The number of anilines is 2. The molecule has 194 valence electrons. The lowest BCUT2D eigenvalue weighted by molar-refractivity contribution is -0.113. The Morgan fingerprint density at radius 2 is 1.87 bits per heavy atom. The van der Waals surface area contributed by atoms with Gasteiger partial charge in [-0.25, -0.2) is 4.99 Å². The number of para-hydroxylation sites is 1. The van der Waals surface area contributed by atoms with Gasteiger partial charge >= 0.3 is 0 Å². The number of fused-ring (bicyclic) bond motifs is 1. The lowest BCUT2D eigenvalue weighted by Crippen LogP contribution is -2.44. The fraction of sp³-hybridized carbons (Fsp3) is 0.250. The van der Waals surface area contributed by atoms with Crippen molar-refractivity contribution in [2.45, 2.75) is 13.0 Å². The van der Waals surface area contributed by atoms with Crippen LogP contribution in [0.4, 0.5) is 11.6 Å². The molecule has 1 amide bonds. The van der Waals surface area contributed by atoms with E-state index < -0.39 is 6.04 Å². The zero-order chi connectivity index (χ0) is 26.2. The summed E-state index contributed by atoms with van der Waals surface area (Å²) in [5, 5.41) is 4.93. The molecular formula is C28H27N5O3S2. The van der Waals surface area contributed by atoms with Gasteiger partial charge in [-0.3, -0.25) is 14.2 Å². The SMILES string of the molecule is CC1=C(C(=O)Nc2ccccc2)C(c2cccs2)n2c(s/c(=C\c3ccc(N4CCN(C)CC4)o3)c2=O)=N1. The maximum atomic E-state index is 13.8. The van der Waals surface area contributed by atoms with E-state index in [1.165, 1.54) is 22.7 Å². The number of aromatic nitrogens is 1. The van der Waals surface area contributed by atoms with Gasteiger partial charge in [-0.15, -0.1) is 11.3 Å². The summed E-state index contributed by atoms with van der Waals surface area (Å²) in [6, 6.07) is 16.5. The van der Waals surface area contributed by atoms with Gasteiger partial charge < -0.3 is 19.5 Å². The third-order valence-electron chi connectivity index (χ3n) is 6.81. The van der Waals surface area contributed by atoms with E-state index in [1.807, 2.05) is 66.9 Å². The molecule has 0 aliphatic carbocycles. The second-order valence-electron chi connectivity index (χ2n) is 9.38. The molecule has 1 fully saturated rings. The molecule has 1 saturated heterocycles. The number of likely N-dealkylation sites (N-methyl/N-ethyl adjacent to an activating group) is 1. The Kier molecular flexibility index (Phi) is 6.61. The molecule has 1 atom stereocenters. The van der Waals surface area contributed by atoms with E-state index in [0.717, 1.165) is 36.9 Å². The number of thiophene rings is 1. The molecular weight excluding hydrogens is 518 g/mol. The summed E-state index contributed by atoms with van der Waals surface area (Å²) in [5.74, 6) is 1.16. The van der Waals surface area contributed by atoms with Gasteiger partial charge in [0.1, 0.15) is 11.8 Å². The van der Waals surface area contributed by atoms with Crippen molar-refractivity contribution in [2.24, 2.45) is 4.99 Å². The molecule has 1 aromatic carbocycles. The molecule has 4 aromatic rings. The van der Waals surface area contributed by atoms with Crippen LogP contribution in [0.5, 0.6) is 0 Å². The van der Waals surface area contributed by atoms with Crippen LogP contribution in [0.15, 0.2) is 85.5 Å². The number of rotatable bonds is 5.